The number of oxazole rings is 1. The molecular weight excluding hydrogens is 572 g/mol. The van der Waals surface area contributed by atoms with Crippen LogP contribution in [-0.2, 0) is 14.8 Å². The van der Waals surface area contributed by atoms with Crippen molar-refractivity contribution in [1.82, 2.24) is 4.98 Å². The van der Waals surface area contributed by atoms with Crippen molar-refractivity contribution in [3.63, 3.8) is 0 Å². The lowest BCUT2D eigenvalue weighted by atomic mass is 10.1. The molecule has 0 fully saturated rings. The van der Waals surface area contributed by atoms with E-state index in [4.69, 9.17) is 20.8 Å². The van der Waals surface area contributed by atoms with Gasteiger partial charge in [-0.15, -0.1) is 0 Å². The number of nitrogens with one attached hydrogen (secondary N) is 1. The maximum Gasteiger partial charge on any atom is 0.229 e. The van der Waals surface area contributed by atoms with Crippen molar-refractivity contribution in [3.8, 4) is 23.0 Å². The van der Waals surface area contributed by atoms with Crippen molar-refractivity contribution in [1.29, 1.82) is 0 Å². The van der Waals surface area contributed by atoms with Crippen molar-refractivity contribution in [2.45, 2.75) is 26.2 Å². The number of sulfonamides is 1. The fourth-order valence-electron chi connectivity index (χ4n) is 3.77. The Morgan fingerprint density at radius 3 is 2.46 bits per heavy atom. The molecule has 1 amide bonds. The van der Waals surface area contributed by atoms with E-state index in [2.05, 4.69) is 15.4 Å². The van der Waals surface area contributed by atoms with Gasteiger partial charge in [0, 0.05) is 12.6 Å². The van der Waals surface area contributed by atoms with Crippen LogP contribution in [-0.4, -0.2) is 48.6 Å². The minimum absolute atomic E-state index is 0.0307. The van der Waals surface area contributed by atoms with Gasteiger partial charge in [0.15, 0.2) is 6.23 Å². The zero-order valence-corrected chi connectivity index (χ0v) is 24.1. The number of nitrogens with zero attached hydrogens (tertiary/aromatic N) is 2. The molecule has 0 aliphatic rings. The Balaban J connectivity index is 0.00000108. The van der Waals surface area contributed by atoms with Crippen molar-refractivity contribution in [2.75, 3.05) is 22.4 Å². The molecule has 3 aromatic carbocycles. The Morgan fingerprint density at radius 1 is 1.17 bits per heavy atom. The zero-order valence-electron chi connectivity index (χ0n) is 22.6. The van der Waals surface area contributed by atoms with Crippen LogP contribution in [0.15, 0.2) is 83.6 Å². The second-order valence-corrected chi connectivity index (χ2v) is 11.1. The topological polar surface area (TPSA) is 168 Å². The Bertz CT molecular complexity index is 1550. The molecular formula is C28H31ClN4O7S. The number of phenols is 1. The highest BCUT2D eigenvalue weighted by Gasteiger charge is 2.23. The smallest absolute Gasteiger partial charge is 0.229 e. The quantitative estimate of drug-likeness (QED) is 0.150. The molecule has 4 aromatic rings. The number of halogens is 1. The van der Waals surface area contributed by atoms with Crippen LogP contribution in [0, 0.1) is 0 Å². The second-order valence-electron chi connectivity index (χ2n) is 8.96. The fourth-order valence-corrected chi connectivity index (χ4v) is 4.53. The first-order chi connectivity index (χ1) is 19.3. The van der Waals surface area contributed by atoms with Crippen LogP contribution in [0.3, 0.4) is 0 Å². The summed E-state index contributed by atoms with van der Waals surface area (Å²) in [6.07, 6.45) is 2.33. The number of primary amides is 1. The van der Waals surface area contributed by atoms with E-state index in [-0.39, 0.29) is 23.9 Å². The highest BCUT2D eigenvalue weighted by atomic mass is 35.5. The van der Waals surface area contributed by atoms with E-state index in [1.807, 2.05) is 42.2 Å². The summed E-state index contributed by atoms with van der Waals surface area (Å²) in [7, 11) is -3.64. The number of aliphatic hydroxyl groups is 1. The van der Waals surface area contributed by atoms with Crippen molar-refractivity contribution in [2.24, 2.45) is 5.73 Å². The summed E-state index contributed by atoms with van der Waals surface area (Å²) in [5, 5.41) is 21.7. The minimum Gasteiger partial charge on any atom is -0.506 e. The number of hydrogen-bond donors (Lipinski definition) is 4. The molecule has 0 saturated heterocycles. The first kappa shape index (κ1) is 31.3. The third kappa shape index (κ3) is 9.41. The lowest BCUT2D eigenvalue weighted by molar-refractivity contribution is -0.115. The normalized spacial score (nSPS) is 12.4. The van der Waals surface area contributed by atoms with E-state index in [0.29, 0.717) is 33.5 Å². The fraction of sp³-hybridized carbons (Fsp3) is 0.214. The van der Waals surface area contributed by atoms with E-state index < -0.39 is 22.4 Å². The monoisotopic (exact) mass is 602 g/mol. The number of aromatic hydroxyl groups is 1. The van der Waals surface area contributed by atoms with Crippen LogP contribution < -0.4 is 20.1 Å². The summed E-state index contributed by atoms with van der Waals surface area (Å²) in [5.74, 6) is 0.395. The molecule has 0 radical (unpaired) electrons. The number of rotatable bonds is 10. The van der Waals surface area contributed by atoms with Crippen LogP contribution in [0.2, 0.25) is 5.02 Å². The number of ether oxygens (including phenoxy) is 1. The van der Waals surface area contributed by atoms with Crippen LogP contribution in [0.25, 0.3) is 11.5 Å². The number of amides is 1. The number of nitrogens with two attached hydrogens (primary N) is 1. The summed E-state index contributed by atoms with van der Waals surface area (Å²) < 4.78 is 37.2. The third-order valence-electron chi connectivity index (χ3n) is 5.50. The number of para-hydroxylation sites is 1. The van der Waals surface area contributed by atoms with Crippen LogP contribution in [0.5, 0.6) is 11.5 Å². The molecule has 0 bridgehead atoms. The van der Waals surface area contributed by atoms with Crippen molar-refractivity contribution in [3.05, 3.63) is 89.8 Å². The molecule has 0 saturated carbocycles. The van der Waals surface area contributed by atoms with E-state index in [1.165, 1.54) is 37.6 Å². The highest BCUT2D eigenvalue weighted by Crippen LogP contribution is 2.34. The van der Waals surface area contributed by atoms with Gasteiger partial charge in [-0.05, 0) is 55.0 Å². The lowest BCUT2D eigenvalue weighted by Gasteiger charge is -2.33. The predicted molar refractivity (Wildman–Crippen MR) is 157 cm³/mol. The SMILES string of the molecule is CC(N)=O.C[C@H](Oc1ccccc1)N(CC(O)c1ccc(O)c(NS(C)(=O)=O)c1)c1ccc(Cl)c(-c2ncco2)c1. The van der Waals surface area contributed by atoms with Gasteiger partial charge >= 0.3 is 0 Å². The van der Waals surface area contributed by atoms with E-state index >= 15 is 0 Å². The zero-order chi connectivity index (χ0) is 30.2. The van der Waals surface area contributed by atoms with Gasteiger partial charge < -0.3 is 30.0 Å². The van der Waals surface area contributed by atoms with Crippen molar-refractivity contribution >= 4 is 38.9 Å². The molecule has 218 valence electrons. The first-order valence-corrected chi connectivity index (χ1v) is 14.5. The average Bonchev–Trinajstić information content (AvgIpc) is 3.43. The molecule has 41 heavy (non-hydrogen) atoms. The van der Waals surface area contributed by atoms with Gasteiger partial charge in [-0.25, -0.2) is 13.4 Å². The first-order valence-electron chi connectivity index (χ1n) is 12.3. The Labute approximate surface area is 243 Å². The predicted octanol–water partition coefficient (Wildman–Crippen LogP) is 4.53. The summed E-state index contributed by atoms with van der Waals surface area (Å²) in [5.41, 5.74) is 6.08. The number of aliphatic hydroxyl groups excluding tert-OH is 1. The van der Waals surface area contributed by atoms with E-state index in [0.717, 1.165) is 6.26 Å². The molecule has 5 N–H and O–H groups in total. The van der Waals surface area contributed by atoms with Gasteiger partial charge in [0.05, 0.1) is 41.4 Å². The summed E-state index contributed by atoms with van der Waals surface area (Å²) in [4.78, 5) is 15.2. The number of benzene rings is 3. The largest absolute Gasteiger partial charge is 0.506 e. The van der Waals surface area contributed by atoms with Crippen LogP contribution in [0.4, 0.5) is 11.4 Å². The number of carbonyl (C=O) groups is 1. The second kappa shape index (κ2) is 13.9. The molecule has 0 spiro atoms. The number of phenolic OH excluding ortho intramolecular Hbond substituents is 1. The molecule has 4 rings (SSSR count). The van der Waals surface area contributed by atoms with Crippen LogP contribution in [0.1, 0.15) is 25.5 Å². The Morgan fingerprint density at radius 2 is 1.85 bits per heavy atom. The van der Waals surface area contributed by atoms with Gasteiger partial charge in [0.2, 0.25) is 21.8 Å². The Kier molecular flexibility index (Phi) is 10.6. The third-order valence-corrected chi connectivity index (χ3v) is 6.42. The Hall–Kier alpha value is -4.26. The molecule has 1 aromatic heterocycles. The maximum absolute atomic E-state index is 11.7. The van der Waals surface area contributed by atoms with Crippen LogP contribution >= 0.6 is 11.6 Å². The molecule has 11 nitrogen and oxygen atoms in total. The van der Waals surface area contributed by atoms with E-state index in [9.17, 15) is 23.4 Å². The van der Waals surface area contributed by atoms with Gasteiger partial charge in [0.25, 0.3) is 0 Å². The molecule has 0 aliphatic heterocycles. The molecule has 0 aliphatic carbocycles. The molecule has 1 heterocycles. The van der Waals surface area contributed by atoms with E-state index in [1.54, 1.807) is 18.2 Å². The molecule has 1 unspecified atom stereocenters. The van der Waals surface area contributed by atoms with Crippen molar-refractivity contribution < 1.29 is 32.6 Å². The summed E-state index contributed by atoms with van der Waals surface area (Å²) in [6, 6.07) is 18.8. The lowest BCUT2D eigenvalue weighted by Crippen LogP contribution is -2.40. The molecule has 2 atom stereocenters. The van der Waals surface area contributed by atoms with Gasteiger partial charge in [-0.3, -0.25) is 9.52 Å². The van der Waals surface area contributed by atoms with Gasteiger partial charge in [0.1, 0.15) is 17.8 Å². The van der Waals surface area contributed by atoms with Gasteiger partial charge in [-0.1, -0.05) is 35.9 Å². The average molecular weight is 603 g/mol. The standard InChI is InChI=1S/C26H26ClN3O6S.C2H5NO/c1-17(36-20-6-4-3-5-7-20)30(19-9-10-22(27)21(15-19)26-28-12-13-35-26)16-25(32)18-8-11-24(31)23(14-18)29-37(2,33)34;1-2(3)4/h3-15,17,25,29,31-32H,16H2,1-2H3;1H3,(H2,3,4)/t17-,25?;/m0./s1. The van der Waals surface area contributed by atoms with Gasteiger partial charge in [-0.2, -0.15) is 0 Å². The highest BCUT2D eigenvalue weighted by molar-refractivity contribution is 7.92. The number of anilines is 2. The number of hydrogen-bond acceptors (Lipinski definition) is 9. The summed E-state index contributed by atoms with van der Waals surface area (Å²) >= 11 is 6.41. The maximum atomic E-state index is 11.7. The number of carbonyl (C=O) groups excluding carboxylic acids is 1. The number of aromatic nitrogens is 1. The summed E-state index contributed by atoms with van der Waals surface area (Å²) in [6.45, 7) is 3.20. The molecule has 13 heteroatoms. The minimum atomic E-state index is -3.64.